The molecule has 2 rings (SSSR count). The summed E-state index contributed by atoms with van der Waals surface area (Å²) in [5, 5.41) is 3.73. The lowest BCUT2D eigenvalue weighted by Gasteiger charge is -2.08. The number of aromatic nitrogens is 2. The molecule has 4 nitrogen and oxygen atoms in total. The third-order valence-electron chi connectivity index (χ3n) is 2.77. The maximum Gasteiger partial charge on any atom is 0.147 e. The van der Waals surface area contributed by atoms with Crippen molar-refractivity contribution in [2.24, 2.45) is 0 Å². The van der Waals surface area contributed by atoms with E-state index in [1.807, 2.05) is 19.1 Å². The van der Waals surface area contributed by atoms with Gasteiger partial charge in [0, 0.05) is 13.1 Å². The first kappa shape index (κ1) is 13.8. The van der Waals surface area contributed by atoms with E-state index in [0.717, 1.165) is 23.6 Å². The van der Waals surface area contributed by atoms with Crippen LogP contribution >= 0.6 is 11.6 Å². The summed E-state index contributed by atoms with van der Waals surface area (Å²) in [6.07, 6.45) is 3.23. The molecule has 5 heteroatoms. The number of rotatable bonds is 5. The molecule has 1 aromatic heterocycles. The molecule has 0 aliphatic heterocycles. The fourth-order valence-corrected chi connectivity index (χ4v) is 1.91. The van der Waals surface area contributed by atoms with Gasteiger partial charge in [0.1, 0.15) is 10.9 Å². The molecule has 0 bridgehead atoms. The number of hydrogen-bond acceptors (Lipinski definition) is 4. The van der Waals surface area contributed by atoms with E-state index in [0.29, 0.717) is 11.7 Å². The largest absolute Gasteiger partial charge is 0.496 e. The van der Waals surface area contributed by atoms with E-state index >= 15 is 0 Å². The first-order valence-corrected chi connectivity index (χ1v) is 6.37. The molecular weight excluding hydrogens is 262 g/mol. The molecule has 0 unspecified atom stereocenters. The van der Waals surface area contributed by atoms with Crippen molar-refractivity contribution in [3.05, 3.63) is 52.6 Å². The number of nitrogens with zero attached hydrogens (tertiary/aromatic N) is 2. The predicted molar refractivity (Wildman–Crippen MR) is 75.3 cm³/mol. The summed E-state index contributed by atoms with van der Waals surface area (Å²) in [5.41, 5.74) is 3.21. The van der Waals surface area contributed by atoms with E-state index in [4.69, 9.17) is 16.3 Å². The molecule has 0 fully saturated rings. The second-order valence-electron chi connectivity index (χ2n) is 4.24. The minimum atomic E-state index is 0.412. The third kappa shape index (κ3) is 3.91. The number of aryl methyl sites for hydroxylation is 1. The van der Waals surface area contributed by atoms with Crippen molar-refractivity contribution in [2.45, 2.75) is 20.0 Å². The summed E-state index contributed by atoms with van der Waals surface area (Å²) >= 11 is 5.68. The van der Waals surface area contributed by atoms with Gasteiger partial charge in [0.2, 0.25) is 0 Å². The van der Waals surface area contributed by atoms with Gasteiger partial charge in [-0.15, -0.1) is 0 Å². The zero-order valence-electron chi connectivity index (χ0n) is 11.0. The summed E-state index contributed by atoms with van der Waals surface area (Å²) in [6.45, 7) is 3.47. The Balaban J connectivity index is 1.88. The van der Waals surface area contributed by atoms with Gasteiger partial charge in [-0.25, -0.2) is 4.98 Å². The maximum atomic E-state index is 5.68. The highest BCUT2D eigenvalue weighted by Gasteiger charge is 2.00. The van der Waals surface area contributed by atoms with Crippen LogP contribution in [0.5, 0.6) is 5.75 Å². The smallest absolute Gasteiger partial charge is 0.147 e. The molecule has 100 valence electrons. The van der Waals surface area contributed by atoms with E-state index < -0.39 is 0 Å². The second kappa shape index (κ2) is 6.50. The number of benzene rings is 1. The van der Waals surface area contributed by atoms with Crippen LogP contribution in [0.15, 0.2) is 30.6 Å². The third-order valence-corrected chi connectivity index (χ3v) is 2.96. The number of methoxy groups -OCH3 is 1. The van der Waals surface area contributed by atoms with Crippen molar-refractivity contribution in [1.82, 2.24) is 15.3 Å². The first-order chi connectivity index (χ1) is 9.19. The van der Waals surface area contributed by atoms with E-state index in [2.05, 4.69) is 21.4 Å². The van der Waals surface area contributed by atoms with Crippen LogP contribution in [-0.4, -0.2) is 17.1 Å². The first-order valence-electron chi connectivity index (χ1n) is 5.99. The monoisotopic (exact) mass is 277 g/mol. The highest BCUT2D eigenvalue weighted by atomic mass is 35.5. The van der Waals surface area contributed by atoms with Gasteiger partial charge in [0.05, 0.1) is 25.2 Å². The summed E-state index contributed by atoms with van der Waals surface area (Å²) < 4.78 is 5.23. The molecule has 1 aromatic carbocycles. The number of halogens is 1. The van der Waals surface area contributed by atoms with Gasteiger partial charge in [-0.3, -0.25) is 4.98 Å². The van der Waals surface area contributed by atoms with Crippen LogP contribution in [0.4, 0.5) is 0 Å². The quantitative estimate of drug-likeness (QED) is 0.913. The second-order valence-corrected chi connectivity index (χ2v) is 4.63. The molecule has 0 aliphatic carbocycles. The molecule has 0 amide bonds. The normalized spacial score (nSPS) is 10.5. The van der Waals surface area contributed by atoms with Gasteiger partial charge in [-0.05, 0) is 24.1 Å². The molecule has 1 heterocycles. The van der Waals surface area contributed by atoms with Crippen molar-refractivity contribution in [2.75, 3.05) is 7.11 Å². The lowest BCUT2D eigenvalue weighted by molar-refractivity contribution is 0.411. The summed E-state index contributed by atoms with van der Waals surface area (Å²) in [5.74, 6) is 0.910. The Morgan fingerprint density at radius 1 is 1.21 bits per heavy atom. The molecule has 0 spiro atoms. The number of nitrogens with one attached hydrogen (secondary N) is 1. The maximum absolute atomic E-state index is 5.68. The molecule has 2 aromatic rings. The summed E-state index contributed by atoms with van der Waals surface area (Å²) in [7, 11) is 1.68. The Labute approximate surface area is 117 Å². The van der Waals surface area contributed by atoms with Crippen molar-refractivity contribution >= 4 is 11.6 Å². The average molecular weight is 278 g/mol. The van der Waals surface area contributed by atoms with Gasteiger partial charge in [0.15, 0.2) is 0 Å². The molecule has 1 N–H and O–H groups in total. The zero-order valence-corrected chi connectivity index (χ0v) is 11.7. The number of ether oxygens (including phenoxy) is 1. The molecule has 0 radical (unpaired) electrons. The van der Waals surface area contributed by atoms with Gasteiger partial charge in [-0.2, -0.15) is 0 Å². The highest BCUT2D eigenvalue weighted by molar-refractivity contribution is 6.29. The van der Waals surface area contributed by atoms with Crippen LogP contribution in [0.1, 0.15) is 16.8 Å². The molecule has 0 saturated carbocycles. The highest BCUT2D eigenvalue weighted by Crippen LogP contribution is 2.18. The van der Waals surface area contributed by atoms with Gasteiger partial charge < -0.3 is 10.1 Å². The standard InChI is InChI=1S/C14H16ClN3O/c1-10-5-11(3-4-13(10)19-2)6-16-7-12-8-18-14(15)9-17-12/h3-5,8-9,16H,6-7H2,1-2H3. The van der Waals surface area contributed by atoms with Gasteiger partial charge in [0.25, 0.3) is 0 Å². The predicted octanol–water partition coefficient (Wildman–Crippen LogP) is 2.74. The van der Waals surface area contributed by atoms with Gasteiger partial charge >= 0.3 is 0 Å². The zero-order chi connectivity index (χ0) is 13.7. The van der Waals surface area contributed by atoms with E-state index in [-0.39, 0.29) is 0 Å². The fraction of sp³-hybridized carbons (Fsp3) is 0.286. The lowest BCUT2D eigenvalue weighted by atomic mass is 10.1. The topological polar surface area (TPSA) is 47.0 Å². The lowest BCUT2D eigenvalue weighted by Crippen LogP contribution is -2.14. The molecule has 0 atom stereocenters. The minimum Gasteiger partial charge on any atom is -0.496 e. The minimum absolute atomic E-state index is 0.412. The Morgan fingerprint density at radius 2 is 2.05 bits per heavy atom. The van der Waals surface area contributed by atoms with Crippen LogP contribution < -0.4 is 10.1 Å². The van der Waals surface area contributed by atoms with Crippen LogP contribution in [0.2, 0.25) is 5.15 Å². The van der Waals surface area contributed by atoms with E-state index in [9.17, 15) is 0 Å². The molecular formula is C14H16ClN3O. The van der Waals surface area contributed by atoms with Crippen molar-refractivity contribution < 1.29 is 4.74 Å². The number of hydrogen-bond donors (Lipinski definition) is 1. The van der Waals surface area contributed by atoms with Crippen LogP contribution in [0, 0.1) is 6.92 Å². The van der Waals surface area contributed by atoms with Crippen LogP contribution in [-0.2, 0) is 13.1 Å². The molecule has 0 saturated heterocycles. The van der Waals surface area contributed by atoms with Crippen molar-refractivity contribution in [3.8, 4) is 5.75 Å². The molecule has 19 heavy (non-hydrogen) atoms. The van der Waals surface area contributed by atoms with Crippen LogP contribution in [0.25, 0.3) is 0 Å². The fourth-order valence-electron chi connectivity index (χ4n) is 1.82. The van der Waals surface area contributed by atoms with E-state index in [1.165, 1.54) is 5.56 Å². The SMILES string of the molecule is COc1ccc(CNCc2cnc(Cl)cn2)cc1C. The van der Waals surface area contributed by atoms with E-state index in [1.54, 1.807) is 19.5 Å². The Hall–Kier alpha value is -1.65. The van der Waals surface area contributed by atoms with Crippen LogP contribution in [0.3, 0.4) is 0 Å². The summed E-state index contributed by atoms with van der Waals surface area (Å²) in [6, 6.07) is 6.14. The summed E-state index contributed by atoms with van der Waals surface area (Å²) in [4.78, 5) is 8.17. The average Bonchev–Trinajstić information content (AvgIpc) is 2.41. The van der Waals surface area contributed by atoms with Crippen molar-refractivity contribution in [1.29, 1.82) is 0 Å². The Kier molecular flexibility index (Phi) is 4.71. The molecule has 0 aliphatic rings. The Bertz CT molecular complexity index is 543. The Morgan fingerprint density at radius 3 is 2.68 bits per heavy atom. The van der Waals surface area contributed by atoms with Gasteiger partial charge in [-0.1, -0.05) is 23.7 Å². The van der Waals surface area contributed by atoms with Crippen molar-refractivity contribution in [3.63, 3.8) is 0 Å².